The lowest BCUT2D eigenvalue weighted by Gasteiger charge is -2.28. The highest BCUT2D eigenvalue weighted by atomic mass is 19.4. The van der Waals surface area contributed by atoms with E-state index in [4.69, 9.17) is 5.11 Å². The van der Waals surface area contributed by atoms with Crippen LogP contribution in [-0.4, -0.2) is 42.0 Å². The molecule has 0 aromatic rings. The smallest absolute Gasteiger partial charge is 0.382 e. The number of rotatable bonds is 3. The fourth-order valence-corrected chi connectivity index (χ4v) is 1.38. The van der Waals surface area contributed by atoms with Gasteiger partial charge in [-0.1, -0.05) is 6.42 Å². The molecule has 0 bridgehead atoms. The summed E-state index contributed by atoms with van der Waals surface area (Å²) in [5, 5.41) is 10.4. The fourth-order valence-electron chi connectivity index (χ4n) is 1.38. The number of nitrogens with one attached hydrogen (secondary N) is 1. The Morgan fingerprint density at radius 1 is 1.21 bits per heavy atom. The van der Waals surface area contributed by atoms with E-state index in [0.717, 1.165) is 32.4 Å². The lowest BCUT2D eigenvalue weighted by atomic mass is 10.2. The van der Waals surface area contributed by atoms with Crippen LogP contribution in [0.15, 0.2) is 0 Å². The van der Waals surface area contributed by atoms with Gasteiger partial charge in [-0.15, -0.1) is 0 Å². The maximum Gasteiger partial charge on any atom is 0.415 e. The number of aliphatic hydroxyl groups is 1. The van der Waals surface area contributed by atoms with Gasteiger partial charge in [0.15, 0.2) is 6.10 Å². The van der Waals surface area contributed by atoms with Crippen molar-refractivity contribution in [2.75, 3.05) is 19.6 Å². The SMILES string of the molecule is OC(CNN1CCCCC1)C(F)(F)F. The molecule has 0 spiro atoms. The van der Waals surface area contributed by atoms with Crippen LogP contribution in [0, 0.1) is 0 Å². The maximum absolute atomic E-state index is 11.9. The fraction of sp³-hybridized carbons (Fsp3) is 1.00. The maximum atomic E-state index is 11.9. The molecule has 14 heavy (non-hydrogen) atoms. The average molecular weight is 212 g/mol. The first kappa shape index (κ1) is 11.7. The largest absolute Gasteiger partial charge is 0.415 e. The van der Waals surface area contributed by atoms with Crippen LogP contribution in [0.1, 0.15) is 19.3 Å². The Labute approximate surface area is 80.9 Å². The van der Waals surface area contributed by atoms with Gasteiger partial charge in [-0.2, -0.15) is 13.2 Å². The number of hydrogen-bond donors (Lipinski definition) is 2. The van der Waals surface area contributed by atoms with Crippen molar-refractivity contribution >= 4 is 0 Å². The standard InChI is InChI=1S/C8H15F3N2O/c9-8(10,11)7(14)6-12-13-4-2-1-3-5-13/h7,12,14H,1-6H2. The number of nitrogens with zero attached hydrogens (tertiary/aromatic N) is 1. The van der Waals surface area contributed by atoms with Crippen LogP contribution in [0.5, 0.6) is 0 Å². The van der Waals surface area contributed by atoms with Gasteiger partial charge in [0.1, 0.15) is 0 Å². The molecule has 0 radical (unpaired) electrons. The Morgan fingerprint density at radius 3 is 2.29 bits per heavy atom. The van der Waals surface area contributed by atoms with Crippen molar-refractivity contribution in [1.29, 1.82) is 0 Å². The van der Waals surface area contributed by atoms with Crippen molar-refractivity contribution in [3.05, 3.63) is 0 Å². The van der Waals surface area contributed by atoms with Crippen LogP contribution < -0.4 is 5.43 Å². The predicted octanol–water partition coefficient (Wildman–Crippen LogP) is 0.900. The first-order valence-electron chi connectivity index (χ1n) is 4.73. The van der Waals surface area contributed by atoms with Crippen LogP contribution in [-0.2, 0) is 0 Å². The van der Waals surface area contributed by atoms with E-state index in [-0.39, 0.29) is 0 Å². The summed E-state index contributed by atoms with van der Waals surface area (Å²) >= 11 is 0. The molecule has 1 unspecified atom stereocenters. The first-order chi connectivity index (χ1) is 6.50. The average Bonchev–Trinajstić information content (AvgIpc) is 2.14. The van der Waals surface area contributed by atoms with Crippen molar-refractivity contribution in [3.63, 3.8) is 0 Å². The lowest BCUT2D eigenvalue weighted by Crippen LogP contribution is -2.48. The van der Waals surface area contributed by atoms with E-state index < -0.39 is 18.8 Å². The minimum Gasteiger partial charge on any atom is -0.382 e. The lowest BCUT2D eigenvalue weighted by molar-refractivity contribution is -0.204. The second-order valence-electron chi connectivity index (χ2n) is 3.47. The van der Waals surface area contributed by atoms with E-state index in [1.54, 1.807) is 5.01 Å². The van der Waals surface area contributed by atoms with Crippen LogP contribution in [0.3, 0.4) is 0 Å². The molecule has 1 atom stereocenters. The van der Waals surface area contributed by atoms with E-state index in [9.17, 15) is 13.2 Å². The van der Waals surface area contributed by atoms with Crippen LogP contribution in [0.2, 0.25) is 0 Å². The van der Waals surface area contributed by atoms with Crippen LogP contribution in [0.25, 0.3) is 0 Å². The quantitative estimate of drug-likeness (QED) is 0.729. The Bertz CT molecular complexity index is 168. The second kappa shape index (κ2) is 4.95. The van der Waals surface area contributed by atoms with E-state index in [1.807, 2.05) is 0 Å². The summed E-state index contributed by atoms with van der Waals surface area (Å²) in [5.74, 6) is 0. The second-order valence-corrected chi connectivity index (χ2v) is 3.47. The third kappa shape index (κ3) is 3.81. The zero-order chi connectivity index (χ0) is 10.6. The number of halogens is 3. The number of piperidine rings is 1. The van der Waals surface area contributed by atoms with Gasteiger partial charge in [0.25, 0.3) is 0 Å². The Morgan fingerprint density at radius 2 is 1.79 bits per heavy atom. The molecular weight excluding hydrogens is 197 g/mol. The molecule has 1 fully saturated rings. The normalized spacial score (nSPS) is 22.3. The predicted molar refractivity (Wildman–Crippen MR) is 45.5 cm³/mol. The highest BCUT2D eigenvalue weighted by molar-refractivity contribution is 4.68. The van der Waals surface area contributed by atoms with Crippen molar-refractivity contribution in [3.8, 4) is 0 Å². The van der Waals surface area contributed by atoms with Gasteiger partial charge < -0.3 is 5.11 Å². The van der Waals surface area contributed by atoms with Crippen molar-refractivity contribution in [1.82, 2.24) is 10.4 Å². The summed E-state index contributed by atoms with van der Waals surface area (Å²) in [7, 11) is 0. The molecule has 6 heteroatoms. The van der Waals surface area contributed by atoms with Crippen molar-refractivity contribution < 1.29 is 18.3 Å². The van der Waals surface area contributed by atoms with Gasteiger partial charge in [0, 0.05) is 19.6 Å². The molecule has 2 N–H and O–H groups in total. The van der Waals surface area contributed by atoms with E-state index in [0.29, 0.717) is 0 Å². The molecule has 1 heterocycles. The summed E-state index contributed by atoms with van der Waals surface area (Å²) in [6.07, 6.45) is -3.68. The Balaban J connectivity index is 2.19. The van der Waals surface area contributed by atoms with E-state index >= 15 is 0 Å². The number of aliphatic hydroxyl groups excluding tert-OH is 1. The molecule has 0 aromatic heterocycles. The summed E-state index contributed by atoms with van der Waals surface area (Å²) in [4.78, 5) is 0. The number of alkyl halides is 3. The Hall–Kier alpha value is -0.330. The van der Waals surface area contributed by atoms with Gasteiger partial charge >= 0.3 is 6.18 Å². The third-order valence-electron chi connectivity index (χ3n) is 2.24. The number of hydrazine groups is 1. The van der Waals surface area contributed by atoms with Gasteiger partial charge in [0.2, 0.25) is 0 Å². The molecule has 3 nitrogen and oxygen atoms in total. The highest BCUT2D eigenvalue weighted by Gasteiger charge is 2.38. The summed E-state index contributed by atoms with van der Waals surface area (Å²) in [6, 6.07) is 0. The Kier molecular flexibility index (Phi) is 4.15. The summed E-state index contributed by atoms with van der Waals surface area (Å²) in [6.45, 7) is 1.05. The van der Waals surface area contributed by atoms with E-state index in [2.05, 4.69) is 5.43 Å². The monoisotopic (exact) mass is 212 g/mol. The highest BCUT2D eigenvalue weighted by Crippen LogP contribution is 2.19. The molecular formula is C8H15F3N2O. The van der Waals surface area contributed by atoms with Crippen molar-refractivity contribution in [2.24, 2.45) is 0 Å². The molecule has 1 aliphatic heterocycles. The minimum atomic E-state index is -4.53. The zero-order valence-corrected chi connectivity index (χ0v) is 7.85. The third-order valence-corrected chi connectivity index (χ3v) is 2.24. The van der Waals surface area contributed by atoms with Gasteiger partial charge in [0.05, 0.1) is 0 Å². The summed E-state index contributed by atoms with van der Waals surface area (Å²) in [5.41, 5.74) is 2.59. The molecule has 1 aliphatic rings. The summed E-state index contributed by atoms with van der Waals surface area (Å²) < 4.78 is 35.7. The first-order valence-corrected chi connectivity index (χ1v) is 4.73. The molecule has 0 amide bonds. The molecule has 0 aromatic carbocycles. The van der Waals surface area contributed by atoms with Gasteiger partial charge in [-0.25, -0.2) is 5.01 Å². The number of hydrogen-bond acceptors (Lipinski definition) is 3. The van der Waals surface area contributed by atoms with Crippen LogP contribution in [0.4, 0.5) is 13.2 Å². The minimum absolute atomic E-state index is 0.455. The molecule has 84 valence electrons. The molecule has 1 rings (SSSR count). The van der Waals surface area contributed by atoms with E-state index in [1.165, 1.54) is 0 Å². The molecule has 0 saturated carbocycles. The van der Waals surface area contributed by atoms with Gasteiger partial charge in [-0.05, 0) is 12.8 Å². The zero-order valence-electron chi connectivity index (χ0n) is 7.85. The van der Waals surface area contributed by atoms with Crippen LogP contribution >= 0.6 is 0 Å². The molecule has 0 aliphatic carbocycles. The molecule has 1 saturated heterocycles. The van der Waals surface area contributed by atoms with Gasteiger partial charge in [-0.3, -0.25) is 5.43 Å². The topological polar surface area (TPSA) is 35.5 Å². The van der Waals surface area contributed by atoms with Crippen molar-refractivity contribution in [2.45, 2.75) is 31.5 Å².